The van der Waals surface area contributed by atoms with E-state index in [9.17, 15) is 4.79 Å². The minimum absolute atomic E-state index is 0.227. The molecule has 1 aromatic carbocycles. The summed E-state index contributed by atoms with van der Waals surface area (Å²) in [5.41, 5.74) is 0.469. The third-order valence-electron chi connectivity index (χ3n) is 2.23. The van der Waals surface area contributed by atoms with Crippen LogP contribution in [0.2, 0.25) is 5.02 Å². The molecule has 1 amide bonds. The highest BCUT2D eigenvalue weighted by Gasteiger charge is 2.23. The number of nitriles is 1. The number of amides is 1. The SMILES string of the molecule is N#Cc1ccc(OCC2CNC(=O)O2)c(Cl)c1. The molecule has 0 radical (unpaired) electrons. The maximum absolute atomic E-state index is 10.8. The van der Waals surface area contributed by atoms with Crippen molar-refractivity contribution in [2.75, 3.05) is 13.2 Å². The van der Waals surface area contributed by atoms with E-state index in [1.54, 1.807) is 12.1 Å². The molecular weight excluding hydrogens is 244 g/mol. The number of alkyl carbamates (subject to hydrolysis) is 1. The molecule has 1 unspecified atom stereocenters. The molecule has 6 heteroatoms. The number of cyclic esters (lactones) is 1. The van der Waals surface area contributed by atoms with E-state index in [0.29, 0.717) is 22.9 Å². The first-order chi connectivity index (χ1) is 8.19. The van der Waals surface area contributed by atoms with Crippen LogP contribution in [-0.2, 0) is 4.74 Å². The molecule has 1 aromatic rings. The third kappa shape index (κ3) is 2.80. The van der Waals surface area contributed by atoms with Gasteiger partial charge in [-0.2, -0.15) is 5.26 Å². The van der Waals surface area contributed by atoms with Crippen molar-refractivity contribution in [2.24, 2.45) is 0 Å². The average molecular weight is 253 g/mol. The molecule has 0 spiro atoms. The fraction of sp³-hybridized carbons (Fsp3) is 0.273. The highest BCUT2D eigenvalue weighted by atomic mass is 35.5. The Morgan fingerprint density at radius 2 is 2.47 bits per heavy atom. The fourth-order valence-corrected chi connectivity index (χ4v) is 1.63. The summed E-state index contributed by atoms with van der Waals surface area (Å²) < 4.78 is 10.3. The Morgan fingerprint density at radius 3 is 3.06 bits per heavy atom. The minimum atomic E-state index is -0.440. The minimum Gasteiger partial charge on any atom is -0.488 e. The van der Waals surface area contributed by atoms with Crippen LogP contribution in [-0.4, -0.2) is 25.3 Å². The molecule has 0 aliphatic carbocycles. The van der Waals surface area contributed by atoms with Crippen molar-refractivity contribution in [3.05, 3.63) is 28.8 Å². The lowest BCUT2D eigenvalue weighted by Crippen LogP contribution is -2.22. The molecular formula is C11H9ClN2O3. The van der Waals surface area contributed by atoms with Gasteiger partial charge in [0.15, 0.2) is 6.10 Å². The summed E-state index contributed by atoms with van der Waals surface area (Å²) in [6.45, 7) is 0.650. The van der Waals surface area contributed by atoms with Crippen molar-refractivity contribution < 1.29 is 14.3 Å². The first kappa shape index (κ1) is 11.6. The number of rotatable bonds is 3. The van der Waals surface area contributed by atoms with E-state index >= 15 is 0 Å². The van der Waals surface area contributed by atoms with Gasteiger partial charge in [-0.3, -0.25) is 0 Å². The Morgan fingerprint density at radius 1 is 1.65 bits per heavy atom. The summed E-state index contributed by atoms with van der Waals surface area (Å²) >= 11 is 5.92. The van der Waals surface area contributed by atoms with Crippen LogP contribution in [0, 0.1) is 11.3 Å². The van der Waals surface area contributed by atoms with Crippen molar-refractivity contribution in [3.63, 3.8) is 0 Å². The van der Waals surface area contributed by atoms with Gasteiger partial charge in [0, 0.05) is 0 Å². The summed E-state index contributed by atoms with van der Waals surface area (Å²) in [7, 11) is 0. The molecule has 1 saturated heterocycles. The smallest absolute Gasteiger partial charge is 0.407 e. The second kappa shape index (κ2) is 4.93. The van der Waals surface area contributed by atoms with Crippen molar-refractivity contribution in [3.8, 4) is 11.8 Å². The molecule has 5 nitrogen and oxygen atoms in total. The highest BCUT2D eigenvalue weighted by molar-refractivity contribution is 6.32. The fourth-order valence-electron chi connectivity index (χ4n) is 1.39. The number of carbonyl (C=O) groups excluding carboxylic acids is 1. The summed E-state index contributed by atoms with van der Waals surface area (Å²) in [5, 5.41) is 11.6. The maximum atomic E-state index is 10.8. The molecule has 2 rings (SSSR count). The molecule has 1 heterocycles. The van der Waals surface area contributed by atoms with Crippen LogP contribution in [0.1, 0.15) is 5.56 Å². The molecule has 88 valence electrons. The molecule has 0 saturated carbocycles. The predicted molar refractivity (Wildman–Crippen MR) is 59.9 cm³/mol. The Labute approximate surface area is 103 Å². The zero-order valence-corrected chi connectivity index (χ0v) is 9.53. The van der Waals surface area contributed by atoms with E-state index in [1.807, 2.05) is 6.07 Å². The van der Waals surface area contributed by atoms with Crippen molar-refractivity contribution >= 4 is 17.7 Å². The van der Waals surface area contributed by atoms with E-state index in [2.05, 4.69) is 5.32 Å². The van der Waals surface area contributed by atoms with Crippen molar-refractivity contribution in [1.82, 2.24) is 5.32 Å². The van der Waals surface area contributed by atoms with E-state index in [1.165, 1.54) is 6.07 Å². The number of nitrogens with one attached hydrogen (secondary N) is 1. The number of nitrogens with zero attached hydrogens (tertiary/aromatic N) is 1. The number of halogens is 1. The Hall–Kier alpha value is -1.93. The molecule has 1 aliphatic heterocycles. The number of carbonyl (C=O) groups is 1. The number of hydrogen-bond donors (Lipinski definition) is 1. The van der Waals surface area contributed by atoms with E-state index < -0.39 is 6.09 Å². The molecule has 1 atom stereocenters. The van der Waals surface area contributed by atoms with Crippen LogP contribution in [0.15, 0.2) is 18.2 Å². The summed E-state index contributed by atoms with van der Waals surface area (Å²) in [6.07, 6.45) is -0.751. The quantitative estimate of drug-likeness (QED) is 0.889. The Bertz CT molecular complexity index is 484. The van der Waals surface area contributed by atoms with Gasteiger partial charge in [0.05, 0.1) is 23.2 Å². The number of hydrogen-bond acceptors (Lipinski definition) is 4. The van der Waals surface area contributed by atoms with Gasteiger partial charge in [-0.25, -0.2) is 4.79 Å². The Kier molecular flexibility index (Phi) is 3.35. The zero-order chi connectivity index (χ0) is 12.3. The van der Waals surface area contributed by atoms with Crippen LogP contribution in [0.3, 0.4) is 0 Å². The molecule has 17 heavy (non-hydrogen) atoms. The van der Waals surface area contributed by atoms with E-state index in [0.717, 1.165) is 0 Å². The van der Waals surface area contributed by atoms with E-state index in [-0.39, 0.29) is 12.7 Å². The zero-order valence-electron chi connectivity index (χ0n) is 8.77. The van der Waals surface area contributed by atoms with Gasteiger partial charge in [0.2, 0.25) is 0 Å². The lowest BCUT2D eigenvalue weighted by molar-refractivity contribution is 0.105. The normalized spacial score (nSPS) is 18.1. The largest absolute Gasteiger partial charge is 0.488 e. The average Bonchev–Trinajstić information content (AvgIpc) is 2.73. The van der Waals surface area contributed by atoms with Gasteiger partial charge in [-0.15, -0.1) is 0 Å². The van der Waals surface area contributed by atoms with Gasteiger partial charge in [0.25, 0.3) is 0 Å². The van der Waals surface area contributed by atoms with Crippen LogP contribution in [0.5, 0.6) is 5.75 Å². The molecule has 1 fully saturated rings. The van der Waals surface area contributed by atoms with Crippen LogP contribution in [0.25, 0.3) is 0 Å². The van der Waals surface area contributed by atoms with Crippen LogP contribution < -0.4 is 10.1 Å². The van der Waals surface area contributed by atoms with E-state index in [4.69, 9.17) is 26.3 Å². The standard InChI is InChI=1S/C11H9ClN2O3/c12-9-3-7(4-13)1-2-10(9)16-6-8-5-14-11(15)17-8/h1-3,8H,5-6H2,(H,14,15). The van der Waals surface area contributed by atoms with Gasteiger partial charge in [-0.05, 0) is 18.2 Å². The second-order valence-electron chi connectivity index (χ2n) is 3.48. The summed E-state index contributed by atoms with van der Waals surface area (Å²) in [6, 6.07) is 6.73. The first-order valence-electron chi connectivity index (χ1n) is 4.96. The van der Waals surface area contributed by atoms with Crippen molar-refractivity contribution in [1.29, 1.82) is 5.26 Å². The molecule has 0 aromatic heterocycles. The number of ether oxygens (including phenoxy) is 2. The lowest BCUT2D eigenvalue weighted by atomic mass is 10.2. The van der Waals surface area contributed by atoms with Crippen molar-refractivity contribution in [2.45, 2.75) is 6.10 Å². The molecule has 1 N–H and O–H groups in total. The lowest BCUT2D eigenvalue weighted by Gasteiger charge is -2.11. The predicted octanol–water partition coefficient (Wildman–Crippen LogP) is 1.70. The number of benzene rings is 1. The van der Waals surface area contributed by atoms with Gasteiger partial charge in [0.1, 0.15) is 12.4 Å². The highest BCUT2D eigenvalue weighted by Crippen LogP contribution is 2.25. The Balaban J connectivity index is 1.95. The van der Waals surface area contributed by atoms with Gasteiger partial charge >= 0.3 is 6.09 Å². The topological polar surface area (TPSA) is 71.3 Å². The first-order valence-corrected chi connectivity index (χ1v) is 5.34. The monoisotopic (exact) mass is 252 g/mol. The van der Waals surface area contributed by atoms with Gasteiger partial charge in [-0.1, -0.05) is 11.6 Å². The maximum Gasteiger partial charge on any atom is 0.407 e. The molecule has 0 bridgehead atoms. The van der Waals surface area contributed by atoms with Gasteiger partial charge < -0.3 is 14.8 Å². The summed E-state index contributed by atoms with van der Waals surface area (Å²) in [5.74, 6) is 0.466. The summed E-state index contributed by atoms with van der Waals surface area (Å²) in [4.78, 5) is 10.8. The third-order valence-corrected chi connectivity index (χ3v) is 2.53. The van der Waals surface area contributed by atoms with Crippen LogP contribution >= 0.6 is 11.6 Å². The van der Waals surface area contributed by atoms with Crippen LogP contribution in [0.4, 0.5) is 4.79 Å². The second-order valence-corrected chi connectivity index (χ2v) is 3.88. The molecule has 1 aliphatic rings.